The van der Waals surface area contributed by atoms with Gasteiger partial charge in [0.2, 0.25) is 5.91 Å². The van der Waals surface area contributed by atoms with Crippen LogP contribution in [0.4, 0.5) is 0 Å². The van der Waals surface area contributed by atoms with Gasteiger partial charge < -0.3 is 15.0 Å². The first kappa shape index (κ1) is 14.8. The third-order valence-corrected chi connectivity index (χ3v) is 4.95. The molecule has 3 aromatic rings. The molecule has 1 aliphatic carbocycles. The zero-order valence-corrected chi connectivity index (χ0v) is 13.7. The summed E-state index contributed by atoms with van der Waals surface area (Å²) in [7, 11) is 2.05. The number of carbonyl (C=O) groups is 1. The molecule has 1 aliphatic rings. The largest absolute Gasteiger partial charge is 0.489 e. The van der Waals surface area contributed by atoms with Crippen LogP contribution in [0, 0.1) is 5.92 Å². The molecule has 4 heteroatoms. The Labute approximate surface area is 140 Å². The lowest BCUT2D eigenvalue weighted by Gasteiger charge is -2.09. The Hall–Kier alpha value is -2.75. The highest BCUT2D eigenvalue weighted by Gasteiger charge is 2.30. The van der Waals surface area contributed by atoms with Crippen molar-refractivity contribution in [1.82, 2.24) is 4.57 Å². The number of amides is 1. The molecule has 2 aromatic carbocycles. The van der Waals surface area contributed by atoms with Gasteiger partial charge in [0, 0.05) is 29.6 Å². The molecule has 0 radical (unpaired) electrons. The molecule has 0 fully saturated rings. The number of nitrogens with zero attached hydrogens (tertiary/aromatic N) is 1. The molecular weight excluding hydrogens is 300 g/mol. The molecule has 1 amide bonds. The summed E-state index contributed by atoms with van der Waals surface area (Å²) in [6.45, 7) is 0.547. The first-order valence-corrected chi connectivity index (χ1v) is 8.19. The maximum atomic E-state index is 11.5. The number of fused-ring (bicyclic) bond motifs is 3. The van der Waals surface area contributed by atoms with Gasteiger partial charge >= 0.3 is 0 Å². The minimum absolute atomic E-state index is 0.0838. The van der Waals surface area contributed by atoms with E-state index in [1.165, 1.54) is 22.2 Å². The zero-order valence-electron chi connectivity index (χ0n) is 13.7. The van der Waals surface area contributed by atoms with Crippen molar-refractivity contribution in [1.29, 1.82) is 0 Å². The first-order chi connectivity index (χ1) is 11.6. The number of hydrogen-bond donors (Lipinski definition) is 1. The maximum Gasteiger partial charge on any atom is 0.221 e. The van der Waals surface area contributed by atoms with Gasteiger partial charge in [-0.2, -0.15) is 0 Å². The Morgan fingerprint density at radius 2 is 2.00 bits per heavy atom. The third-order valence-electron chi connectivity index (χ3n) is 4.95. The second-order valence-electron chi connectivity index (χ2n) is 6.45. The SMILES string of the molecule is Cn1c2c(c3cc(OCc4ccccc4)ccc31)CC(C(N)=O)C2. The molecular formula is C20H20N2O2. The monoisotopic (exact) mass is 320 g/mol. The van der Waals surface area contributed by atoms with E-state index in [0.717, 1.165) is 24.2 Å². The molecule has 0 spiro atoms. The highest BCUT2D eigenvalue weighted by molar-refractivity contribution is 5.89. The summed E-state index contributed by atoms with van der Waals surface area (Å²) >= 11 is 0. The number of rotatable bonds is 4. The van der Waals surface area contributed by atoms with E-state index in [-0.39, 0.29) is 11.8 Å². The lowest BCUT2D eigenvalue weighted by molar-refractivity contribution is -0.121. The standard InChI is InChI=1S/C20H20N2O2/c1-22-18-8-7-15(24-12-13-5-3-2-4-6-13)11-17(18)16-9-14(20(21)23)10-19(16)22/h2-8,11,14H,9-10,12H2,1H3,(H2,21,23). The van der Waals surface area contributed by atoms with E-state index < -0.39 is 0 Å². The van der Waals surface area contributed by atoms with Gasteiger partial charge in [-0.1, -0.05) is 30.3 Å². The normalized spacial score (nSPS) is 16.3. The van der Waals surface area contributed by atoms with Gasteiger partial charge in [0.15, 0.2) is 0 Å². The van der Waals surface area contributed by atoms with Crippen LogP contribution in [0.1, 0.15) is 16.8 Å². The molecule has 4 nitrogen and oxygen atoms in total. The number of carbonyl (C=O) groups excluding carboxylic acids is 1. The minimum atomic E-state index is -0.212. The number of benzene rings is 2. The van der Waals surface area contributed by atoms with Crippen molar-refractivity contribution in [2.45, 2.75) is 19.4 Å². The van der Waals surface area contributed by atoms with Crippen LogP contribution in [0.25, 0.3) is 10.9 Å². The number of aromatic nitrogens is 1. The van der Waals surface area contributed by atoms with E-state index in [9.17, 15) is 4.79 Å². The zero-order chi connectivity index (χ0) is 16.7. The van der Waals surface area contributed by atoms with Crippen molar-refractivity contribution in [3.05, 3.63) is 65.4 Å². The van der Waals surface area contributed by atoms with Crippen LogP contribution in [0.5, 0.6) is 5.75 Å². The predicted octanol–water partition coefficient (Wildman–Crippen LogP) is 2.96. The third kappa shape index (κ3) is 2.44. The quantitative estimate of drug-likeness (QED) is 0.803. The lowest BCUT2D eigenvalue weighted by Crippen LogP contribution is -2.23. The molecule has 1 heterocycles. The molecule has 1 aromatic heterocycles. The molecule has 0 saturated heterocycles. The van der Waals surface area contributed by atoms with Gasteiger partial charge in [-0.05, 0) is 42.2 Å². The van der Waals surface area contributed by atoms with E-state index in [0.29, 0.717) is 6.61 Å². The van der Waals surface area contributed by atoms with Crippen molar-refractivity contribution in [3.63, 3.8) is 0 Å². The molecule has 0 saturated carbocycles. The smallest absolute Gasteiger partial charge is 0.221 e. The number of hydrogen-bond acceptors (Lipinski definition) is 2. The number of primary amides is 1. The van der Waals surface area contributed by atoms with E-state index >= 15 is 0 Å². The van der Waals surface area contributed by atoms with Crippen LogP contribution in [-0.2, 0) is 31.3 Å². The summed E-state index contributed by atoms with van der Waals surface area (Å²) in [6, 6.07) is 16.3. The maximum absolute atomic E-state index is 11.5. The average Bonchev–Trinajstić information content (AvgIpc) is 3.14. The van der Waals surface area contributed by atoms with Gasteiger partial charge in [-0.25, -0.2) is 0 Å². The van der Waals surface area contributed by atoms with E-state index in [2.05, 4.69) is 35.9 Å². The van der Waals surface area contributed by atoms with Gasteiger partial charge in [0.05, 0.1) is 0 Å². The average molecular weight is 320 g/mol. The van der Waals surface area contributed by atoms with E-state index in [1.807, 2.05) is 24.3 Å². The fourth-order valence-electron chi connectivity index (χ4n) is 3.62. The number of nitrogens with two attached hydrogens (primary N) is 1. The van der Waals surface area contributed by atoms with Gasteiger partial charge in [0.1, 0.15) is 12.4 Å². The minimum Gasteiger partial charge on any atom is -0.489 e. The molecule has 1 unspecified atom stereocenters. The van der Waals surface area contributed by atoms with Crippen LogP contribution in [0.3, 0.4) is 0 Å². The van der Waals surface area contributed by atoms with Crippen molar-refractivity contribution in [2.75, 3.05) is 0 Å². The Kier molecular flexibility index (Phi) is 3.53. The fourth-order valence-corrected chi connectivity index (χ4v) is 3.62. The Morgan fingerprint density at radius 1 is 1.21 bits per heavy atom. The number of aryl methyl sites for hydroxylation is 1. The van der Waals surface area contributed by atoms with Crippen LogP contribution in [-0.4, -0.2) is 10.5 Å². The Morgan fingerprint density at radius 3 is 2.75 bits per heavy atom. The summed E-state index contributed by atoms with van der Waals surface area (Å²) in [5, 5.41) is 1.17. The summed E-state index contributed by atoms with van der Waals surface area (Å²) in [5.74, 6) is 0.553. The van der Waals surface area contributed by atoms with Crippen LogP contribution >= 0.6 is 0 Å². The summed E-state index contributed by atoms with van der Waals surface area (Å²) < 4.78 is 8.12. The van der Waals surface area contributed by atoms with Crippen molar-refractivity contribution in [3.8, 4) is 5.75 Å². The molecule has 122 valence electrons. The highest BCUT2D eigenvalue weighted by Crippen LogP contribution is 2.36. The summed E-state index contributed by atoms with van der Waals surface area (Å²) in [4.78, 5) is 11.5. The van der Waals surface area contributed by atoms with Crippen LogP contribution in [0.15, 0.2) is 48.5 Å². The van der Waals surface area contributed by atoms with Crippen molar-refractivity contribution in [2.24, 2.45) is 18.7 Å². The van der Waals surface area contributed by atoms with Crippen LogP contribution < -0.4 is 10.5 Å². The highest BCUT2D eigenvalue weighted by atomic mass is 16.5. The Balaban J connectivity index is 1.64. The van der Waals surface area contributed by atoms with E-state index in [1.54, 1.807) is 0 Å². The topological polar surface area (TPSA) is 57.2 Å². The molecule has 4 rings (SSSR count). The molecule has 1 atom stereocenters. The van der Waals surface area contributed by atoms with Crippen LogP contribution in [0.2, 0.25) is 0 Å². The fraction of sp³-hybridized carbons (Fsp3) is 0.250. The first-order valence-electron chi connectivity index (χ1n) is 8.19. The van der Waals surface area contributed by atoms with Crippen molar-refractivity contribution >= 4 is 16.8 Å². The summed E-state index contributed by atoms with van der Waals surface area (Å²) in [6.07, 6.45) is 1.46. The lowest BCUT2D eigenvalue weighted by atomic mass is 10.0. The molecule has 2 N–H and O–H groups in total. The second kappa shape index (κ2) is 5.71. The molecule has 0 bridgehead atoms. The predicted molar refractivity (Wildman–Crippen MR) is 93.8 cm³/mol. The van der Waals surface area contributed by atoms with E-state index in [4.69, 9.17) is 10.5 Å². The van der Waals surface area contributed by atoms with Gasteiger partial charge in [-0.3, -0.25) is 4.79 Å². The Bertz CT molecular complexity index is 912. The van der Waals surface area contributed by atoms with Gasteiger partial charge in [-0.15, -0.1) is 0 Å². The molecule has 0 aliphatic heterocycles. The van der Waals surface area contributed by atoms with Crippen molar-refractivity contribution < 1.29 is 9.53 Å². The van der Waals surface area contributed by atoms with Gasteiger partial charge in [0.25, 0.3) is 0 Å². The number of ether oxygens (including phenoxy) is 1. The molecule has 24 heavy (non-hydrogen) atoms. The second-order valence-corrected chi connectivity index (χ2v) is 6.45. The summed E-state index contributed by atoms with van der Waals surface area (Å²) in [5.41, 5.74) is 10.3.